The van der Waals surface area contributed by atoms with E-state index in [1.807, 2.05) is 0 Å². The number of alkyl halides is 3. The van der Waals surface area contributed by atoms with Gasteiger partial charge in [-0.2, -0.15) is 22.0 Å². The Morgan fingerprint density at radius 2 is 1.50 bits per heavy atom. The predicted molar refractivity (Wildman–Crippen MR) is 38.8 cm³/mol. The number of allylic oxidation sites excluding steroid dienone is 2. The fourth-order valence-electron chi connectivity index (χ4n) is 1.09. The Balaban J connectivity index is 3.60. The molecule has 0 unspecified atom stereocenters. The smallest absolute Gasteiger partial charge is 0.261 e. The quantitative estimate of drug-likeness (QED) is 0.309. The van der Waals surface area contributed by atoms with Crippen LogP contribution in [0.5, 0.6) is 0 Å². The summed E-state index contributed by atoms with van der Waals surface area (Å²) in [5.74, 6) is -18.2. The molecule has 0 saturated carbocycles. The molecule has 0 spiro atoms. The van der Waals surface area contributed by atoms with Gasteiger partial charge < -0.3 is 0 Å². The number of nitro groups is 1. The van der Waals surface area contributed by atoms with Crippen LogP contribution in [0.25, 0.3) is 0 Å². The van der Waals surface area contributed by atoms with Gasteiger partial charge in [-0.25, -0.2) is 4.39 Å². The lowest BCUT2D eigenvalue weighted by Gasteiger charge is -2.25. The van der Waals surface area contributed by atoms with E-state index in [9.17, 15) is 36.5 Å². The summed E-state index contributed by atoms with van der Waals surface area (Å²) >= 11 is 0. The van der Waals surface area contributed by atoms with Crippen molar-refractivity contribution in [2.75, 3.05) is 0 Å². The summed E-state index contributed by atoms with van der Waals surface area (Å²) in [7, 11) is 0. The highest BCUT2D eigenvalue weighted by Crippen LogP contribution is 2.49. The molecule has 0 aromatic rings. The van der Waals surface area contributed by atoms with Crippen molar-refractivity contribution in [1.29, 1.82) is 0 Å². The van der Waals surface area contributed by atoms with Gasteiger partial charge in [-0.15, -0.1) is 0 Å². The van der Waals surface area contributed by atoms with Gasteiger partial charge in [0.2, 0.25) is 11.7 Å². The molecule has 9 heteroatoms. The molecule has 0 aliphatic heterocycles. The highest BCUT2D eigenvalue weighted by Gasteiger charge is 2.65. The van der Waals surface area contributed by atoms with Crippen LogP contribution in [0.4, 0.5) is 26.3 Å². The van der Waals surface area contributed by atoms with E-state index in [0.717, 1.165) is 0 Å². The zero-order valence-electron chi connectivity index (χ0n) is 7.53. The minimum absolute atomic E-state index is 0.235. The third-order valence-electron chi connectivity index (χ3n) is 2.10. The molecule has 1 atom stereocenters. The molecule has 0 heterocycles. The molecule has 0 N–H and O–H groups in total. The van der Waals surface area contributed by atoms with E-state index in [2.05, 4.69) is 0 Å². The number of hydrogen-bond acceptors (Lipinski definition) is 2. The highest BCUT2D eigenvalue weighted by molar-refractivity contribution is 5.40. The topological polar surface area (TPSA) is 43.1 Å². The van der Waals surface area contributed by atoms with Crippen molar-refractivity contribution >= 4 is 0 Å². The van der Waals surface area contributed by atoms with Crippen LogP contribution in [0.2, 0.25) is 0 Å². The zero-order valence-corrected chi connectivity index (χ0v) is 7.53. The zero-order chi connectivity index (χ0) is 12.9. The van der Waals surface area contributed by atoms with Crippen LogP contribution in [-0.4, -0.2) is 16.6 Å². The first-order chi connectivity index (χ1) is 7.07. The van der Waals surface area contributed by atoms with Crippen LogP contribution < -0.4 is 0 Å². The molecule has 0 radical (unpaired) electrons. The van der Waals surface area contributed by atoms with Gasteiger partial charge in [0, 0.05) is 5.57 Å². The maximum absolute atomic E-state index is 13.2. The van der Waals surface area contributed by atoms with E-state index in [0.29, 0.717) is 0 Å². The predicted octanol–water partition coefficient (Wildman–Crippen LogP) is 2.97. The summed E-state index contributed by atoms with van der Waals surface area (Å²) in [4.78, 5) is 7.91. The van der Waals surface area contributed by atoms with Crippen molar-refractivity contribution in [3.05, 3.63) is 33.2 Å². The summed E-state index contributed by atoms with van der Waals surface area (Å²) < 4.78 is 77.0. The normalized spacial score (nSPS) is 29.7. The van der Waals surface area contributed by atoms with Crippen LogP contribution in [0.1, 0.15) is 6.92 Å². The standard InChI is InChI=1S/C7H3F6NO2/c1-2-3(8)7(13,14(15)16)5(10)4(9)6(2,11)12/h1H3/t7-/m0/s1. The molecule has 1 aliphatic rings. The molecule has 0 aromatic heterocycles. The minimum Gasteiger partial charge on any atom is -0.261 e. The van der Waals surface area contributed by atoms with Gasteiger partial charge in [-0.05, 0) is 6.92 Å². The fourth-order valence-corrected chi connectivity index (χ4v) is 1.09. The van der Waals surface area contributed by atoms with Gasteiger partial charge in [0.15, 0.2) is 0 Å². The molecule has 90 valence electrons. The third kappa shape index (κ3) is 1.23. The van der Waals surface area contributed by atoms with E-state index in [1.165, 1.54) is 0 Å². The molecule has 0 amide bonds. The Morgan fingerprint density at radius 1 is 1.06 bits per heavy atom. The Bertz CT molecular complexity index is 399. The van der Waals surface area contributed by atoms with Crippen LogP contribution in [0, 0.1) is 10.1 Å². The lowest BCUT2D eigenvalue weighted by molar-refractivity contribution is -0.588. The maximum atomic E-state index is 13.2. The first kappa shape index (κ1) is 12.5. The molecule has 1 aliphatic carbocycles. The molecule has 0 fully saturated rings. The van der Waals surface area contributed by atoms with Crippen molar-refractivity contribution < 1.29 is 31.3 Å². The molecule has 0 saturated heterocycles. The van der Waals surface area contributed by atoms with Crippen LogP contribution in [-0.2, 0) is 0 Å². The van der Waals surface area contributed by atoms with Crippen molar-refractivity contribution in [2.24, 2.45) is 0 Å². The number of nitrogens with zero attached hydrogens (tertiary/aromatic N) is 1. The van der Waals surface area contributed by atoms with Crippen molar-refractivity contribution in [3.8, 4) is 0 Å². The van der Waals surface area contributed by atoms with Gasteiger partial charge in [-0.3, -0.25) is 10.1 Å². The minimum atomic E-state index is -4.72. The largest absolute Gasteiger partial charge is 0.465 e. The van der Waals surface area contributed by atoms with E-state index >= 15 is 0 Å². The lowest BCUT2D eigenvalue weighted by atomic mass is 9.95. The van der Waals surface area contributed by atoms with E-state index in [4.69, 9.17) is 0 Å². The highest BCUT2D eigenvalue weighted by atomic mass is 19.3. The van der Waals surface area contributed by atoms with Gasteiger partial charge >= 0.3 is 11.7 Å². The van der Waals surface area contributed by atoms with Gasteiger partial charge in [-0.1, -0.05) is 0 Å². The summed E-state index contributed by atoms with van der Waals surface area (Å²) in [6.45, 7) is 0.235. The molecule has 3 nitrogen and oxygen atoms in total. The summed E-state index contributed by atoms with van der Waals surface area (Å²) in [5, 5.41) is 10.1. The van der Waals surface area contributed by atoms with Gasteiger partial charge in [0.05, 0.1) is 4.92 Å². The fraction of sp³-hybridized carbons (Fsp3) is 0.429. The van der Waals surface area contributed by atoms with Crippen molar-refractivity contribution in [2.45, 2.75) is 18.6 Å². The van der Waals surface area contributed by atoms with Gasteiger partial charge in [0.25, 0.3) is 5.83 Å². The Labute approximate surface area is 84.2 Å². The second-order valence-corrected chi connectivity index (χ2v) is 3.02. The summed E-state index contributed by atoms with van der Waals surface area (Å²) in [6, 6.07) is 0. The third-order valence-corrected chi connectivity index (χ3v) is 2.10. The summed E-state index contributed by atoms with van der Waals surface area (Å²) in [5.41, 5.74) is -1.87. The Morgan fingerprint density at radius 3 is 1.88 bits per heavy atom. The van der Waals surface area contributed by atoms with Crippen LogP contribution in [0.3, 0.4) is 0 Å². The first-order valence-corrected chi connectivity index (χ1v) is 3.72. The second-order valence-electron chi connectivity index (χ2n) is 3.02. The number of halogens is 6. The molecule has 0 aromatic carbocycles. The van der Waals surface area contributed by atoms with E-state index < -0.39 is 39.7 Å². The van der Waals surface area contributed by atoms with Crippen LogP contribution >= 0.6 is 0 Å². The number of rotatable bonds is 1. The SMILES string of the molecule is CC1=C(F)[C@](F)([N+](=O)[O-])C(F)=C(F)C1(F)F. The monoisotopic (exact) mass is 247 g/mol. The molecular weight excluding hydrogens is 244 g/mol. The summed E-state index contributed by atoms with van der Waals surface area (Å²) in [6.07, 6.45) is 0. The lowest BCUT2D eigenvalue weighted by Crippen LogP contribution is -2.43. The van der Waals surface area contributed by atoms with Crippen molar-refractivity contribution in [3.63, 3.8) is 0 Å². The molecule has 16 heavy (non-hydrogen) atoms. The average molecular weight is 247 g/mol. The first-order valence-electron chi connectivity index (χ1n) is 3.72. The van der Waals surface area contributed by atoms with Crippen molar-refractivity contribution in [1.82, 2.24) is 0 Å². The Hall–Kier alpha value is -1.54. The van der Waals surface area contributed by atoms with E-state index in [1.54, 1.807) is 0 Å². The molecule has 0 bridgehead atoms. The average Bonchev–Trinajstić information content (AvgIpc) is 2.21. The van der Waals surface area contributed by atoms with Gasteiger partial charge in [0.1, 0.15) is 0 Å². The van der Waals surface area contributed by atoms with E-state index in [-0.39, 0.29) is 6.92 Å². The molecular formula is C7H3F6NO2. The molecule has 1 rings (SSSR count). The second kappa shape index (κ2) is 3.22. The Kier molecular flexibility index (Phi) is 2.52. The number of hydrogen-bond donors (Lipinski definition) is 0. The van der Waals surface area contributed by atoms with Crippen LogP contribution in [0.15, 0.2) is 23.1 Å². The maximum Gasteiger partial charge on any atom is 0.465 e.